The van der Waals surface area contributed by atoms with Crippen LogP contribution < -0.4 is 14.8 Å². The highest BCUT2D eigenvalue weighted by Gasteiger charge is 2.15. The zero-order chi connectivity index (χ0) is 13.9. The monoisotopic (exact) mass is 273 g/mol. The fraction of sp³-hybridized carbons (Fsp3) is 0.286. The summed E-state index contributed by atoms with van der Waals surface area (Å²) in [5.41, 5.74) is 1.48. The molecule has 0 unspecified atom stereocenters. The molecular formula is C14H15N3O3. The van der Waals surface area contributed by atoms with E-state index < -0.39 is 0 Å². The van der Waals surface area contributed by atoms with Gasteiger partial charge in [0.05, 0.1) is 0 Å². The van der Waals surface area contributed by atoms with Gasteiger partial charge in [-0.15, -0.1) is 0 Å². The maximum Gasteiger partial charge on any atom is 0.257 e. The van der Waals surface area contributed by atoms with Crippen molar-refractivity contribution in [2.24, 2.45) is 0 Å². The minimum atomic E-state index is -0.226. The number of nitrogens with zero attached hydrogens (tertiary/aromatic N) is 1. The van der Waals surface area contributed by atoms with Crippen molar-refractivity contribution in [3.05, 3.63) is 35.5 Å². The van der Waals surface area contributed by atoms with E-state index in [4.69, 9.17) is 9.47 Å². The lowest BCUT2D eigenvalue weighted by atomic mass is 10.2. The van der Waals surface area contributed by atoms with Crippen molar-refractivity contribution in [1.82, 2.24) is 10.2 Å². The molecule has 1 aliphatic heterocycles. The molecule has 1 aliphatic rings. The van der Waals surface area contributed by atoms with E-state index in [0.29, 0.717) is 36.1 Å². The van der Waals surface area contributed by atoms with Gasteiger partial charge in [-0.05, 0) is 24.6 Å². The number of rotatable bonds is 3. The molecule has 0 saturated carbocycles. The summed E-state index contributed by atoms with van der Waals surface area (Å²) in [6.45, 7) is 3.04. The van der Waals surface area contributed by atoms with Crippen LogP contribution in [0.2, 0.25) is 0 Å². The molecule has 0 aliphatic carbocycles. The van der Waals surface area contributed by atoms with Gasteiger partial charge in [-0.1, -0.05) is 6.92 Å². The van der Waals surface area contributed by atoms with Crippen molar-refractivity contribution in [1.29, 1.82) is 0 Å². The number of fused-ring (bicyclic) bond motifs is 1. The summed E-state index contributed by atoms with van der Waals surface area (Å²) in [5, 5.41) is 9.62. The molecule has 1 aromatic heterocycles. The Hall–Kier alpha value is -2.50. The van der Waals surface area contributed by atoms with E-state index in [2.05, 4.69) is 15.5 Å². The van der Waals surface area contributed by atoms with Crippen LogP contribution in [0.25, 0.3) is 0 Å². The molecule has 0 fully saturated rings. The molecule has 6 nitrogen and oxygen atoms in total. The first-order chi connectivity index (χ1) is 9.76. The van der Waals surface area contributed by atoms with Gasteiger partial charge in [-0.3, -0.25) is 9.89 Å². The minimum Gasteiger partial charge on any atom is -0.486 e. The number of anilines is 1. The average molecular weight is 273 g/mol. The van der Waals surface area contributed by atoms with Crippen molar-refractivity contribution in [2.45, 2.75) is 13.3 Å². The van der Waals surface area contributed by atoms with Gasteiger partial charge in [0.25, 0.3) is 5.91 Å². The smallest absolute Gasteiger partial charge is 0.257 e. The van der Waals surface area contributed by atoms with Crippen LogP contribution in [-0.2, 0) is 6.42 Å². The Labute approximate surface area is 116 Å². The lowest BCUT2D eigenvalue weighted by molar-refractivity contribution is 0.102. The van der Waals surface area contributed by atoms with E-state index in [1.807, 2.05) is 13.0 Å². The number of amides is 1. The largest absolute Gasteiger partial charge is 0.486 e. The number of carbonyl (C=O) groups excluding carboxylic acids is 1. The molecular weight excluding hydrogens is 258 g/mol. The number of hydrogen-bond acceptors (Lipinski definition) is 4. The Morgan fingerprint density at radius 3 is 2.85 bits per heavy atom. The third kappa shape index (κ3) is 2.45. The molecule has 2 aromatic rings. The Bertz CT molecular complexity index is 636. The SMILES string of the molecule is CCc1cc(NC(=O)c2ccc3c(c2)OCCO3)n[nH]1. The van der Waals surface area contributed by atoms with Gasteiger partial charge in [0.2, 0.25) is 0 Å². The Kier molecular flexibility index (Phi) is 3.28. The molecule has 0 atom stereocenters. The van der Waals surface area contributed by atoms with Gasteiger partial charge < -0.3 is 14.8 Å². The highest BCUT2D eigenvalue weighted by molar-refractivity contribution is 6.04. The number of aryl methyl sites for hydroxylation is 1. The maximum atomic E-state index is 12.1. The van der Waals surface area contributed by atoms with Gasteiger partial charge in [-0.2, -0.15) is 5.10 Å². The first kappa shape index (κ1) is 12.5. The number of ether oxygens (including phenoxy) is 2. The zero-order valence-corrected chi connectivity index (χ0v) is 11.1. The van der Waals surface area contributed by atoms with Crippen LogP contribution in [0.15, 0.2) is 24.3 Å². The van der Waals surface area contributed by atoms with E-state index in [1.165, 1.54) is 0 Å². The summed E-state index contributed by atoms with van der Waals surface area (Å²) < 4.78 is 10.9. The standard InChI is InChI=1S/C14H15N3O3/c1-2-10-8-13(17-16-10)15-14(18)9-3-4-11-12(7-9)20-6-5-19-11/h3-4,7-8H,2,5-6H2,1H3,(H2,15,16,17,18). The van der Waals surface area contributed by atoms with E-state index in [-0.39, 0.29) is 5.91 Å². The first-order valence-electron chi connectivity index (χ1n) is 6.51. The van der Waals surface area contributed by atoms with Gasteiger partial charge in [-0.25, -0.2) is 0 Å². The van der Waals surface area contributed by atoms with Crippen LogP contribution in [0.5, 0.6) is 11.5 Å². The van der Waals surface area contributed by atoms with Crippen LogP contribution in [0.1, 0.15) is 23.0 Å². The topological polar surface area (TPSA) is 76.2 Å². The molecule has 2 heterocycles. The first-order valence-corrected chi connectivity index (χ1v) is 6.51. The molecule has 0 bridgehead atoms. The van der Waals surface area contributed by atoms with Crippen molar-refractivity contribution < 1.29 is 14.3 Å². The number of benzene rings is 1. The van der Waals surface area contributed by atoms with Crippen LogP contribution in [0.3, 0.4) is 0 Å². The number of hydrogen-bond donors (Lipinski definition) is 2. The van der Waals surface area contributed by atoms with Gasteiger partial charge >= 0.3 is 0 Å². The molecule has 0 radical (unpaired) electrons. The third-order valence-corrected chi connectivity index (χ3v) is 3.06. The number of nitrogens with one attached hydrogen (secondary N) is 2. The van der Waals surface area contributed by atoms with Crippen LogP contribution >= 0.6 is 0 Å². The van der Waals surface area contributed by atoms with Gasteiger partial charge in [0, 0.05) is 17.3 Å². The summed E-state index contributed by atoms with van der Waals surface area (Å²) in [7, 11) is 0. The lowest BCUT2D eigenvalue weighted by Gasteiger charge is -2.18. The fourth-order valence-electron chi connectivity index (χ4n) is 1.98. The number of aromatic nitrogens is 2. The molecule has 0 spiro atoms. The second-order valence-electron chi connectivity index (χ2n) is 4.44. The lowest BCUT2D eigenvalue weighted by Crippen LogP contribution is -2.17. The quantitative estimate of drug-likeness (QED) is 0.896. The molecule has 3 rings (SSSR count). The Morgan fingerprint density at radius 1 is 1.30 bits per heavy atom. The highest BCUT2D eigenvalue weighted by Crippen LogP contribution is 2.30. The minimum absolute atomic E-state index is 0.226. The molecule has 0 saturated heterocycles. The normalized spacial score (nSPS) is 13.1. The molecule has 20 heavy (non-hydrogen) atoms. The van der Waals surface area contributed by atoms with Crippen molar-refractivity contribution >= 4 is 11.7 Å². The maximum absolute atomic E-state index is 12.1. The molecule has 1 aromatic carbocycles. The van der Waals surface area contributed by atoms with Crippen LogP contribution in [-0.4, -0.2) is 29.3 Å². The molecule has 2 N–H and O–H groups in total. The predicted molar refractivity (Wildman–Crippen MR) is 73.4 cm³/mol. The molecule has 1 amide bonds. The van der Waals surface area contributed by atoms with Crippen LogP contribution in [0, 0.1) is 0 Å². The van der Waals surface area contributed by atoms with Crippen molar-refractivity contribution in [3.8, 4) is 11.5 Å². The van der Waals surface area contributed by atoms with E-state index in [0.717, 1.165) is 12.1 Å². The molecule has 6 heteroatoms. The number of H-pyrrole nitrogens is 1. The van der Waals surface area contributed by atoms with E-state index in [9.17, 15) is 4.79 Å². The van der Waals surface area contributed by atoms with Gasteiger partial charge in [0.1, 0.15) is 13.2 Å². The summed E-state index contributed by atoms with van der Waals surface area (Å²) in [4.78, 5) is 12.1. The van der Waals surface area contributed by atoms with E-state index in [1.54, 1.807) is 18.2 Å². The van der Waals surface area contributed by atoms with E-state index >= 15 is 0 Å². The predicted octanol–water partition coefficient (Wildman–Crippen LogP) is 2.00. The second-order valence-corrected chi connectivity index (χ2v) is 4.44. The molecule has 104 valence electrons. The van der Waals surface area contributed by atoms with Crippen molar-refractivity contribution in [2.75, 3.05) is 18.5 Å². The average Bonchev–Trinajstić information content (AvgIpc) is 2.94. The number of carbonyl (C=O) groups is 1. The van der Waals surface area contributed by atoms with Crippen molar-refractivity contribution in [3.63, 3.8) is 0 Å². The number of aromatic amines is 1. The summed E-state index contributed by atoms with van der Waals surface area (Å²) >= 11 is 0. The van der Waals surface area contributed by atoms with Crippen LogP contribution in [0.4, 0.5) is 5.82 Å². The summed E-state index contributed by atoms with van der Waals surface area (Å²) in [5.74, 6) is 1.55. The highest BCUT2D eigenvalue weighted by atomic mass is 16.6. The summed E-state index contributed by atoms with van der Waals surface area (Å²) in [6.07, 6.45) is 0.840. The zero-order valence-electron chi connectivity index (χ0n) is 11.1. The summed E-state index contributed by atoms with van der Waals surface area (Å²) in [6, 6.07) is 6.94. The second kappa shape index (κ2) is 5.24. The Balaban J connectivity index is 1.76. The Morgan fingerprint density at radius 2 is 2.10 bits per heavy atom. The fourth-order valence-corrected chi connectivity index (χ4v) is 1.98. The van der Waals surface area contributed by atoms with Gasteiger partial charge in [0.15, 0.2) is 17.3 Å². The third-order valence-electron chi connectivity index (χ3n) is 3.06.